The van der Waals surface area contributed by atoms with E-state index in [0.29, 0.717) is 13.1 Å². The number of methoxy groups -OCH3 is 2. The van der Waals surface area contributed by atoms with E-state index in [1.807, 2.05) is 44.3 Å². The Morgan fingerprint density at radius 1 is 1.24 bits per heavy atom. The fourth-order valence-electron chi connectivity index (χ4n) is 2.34. The Kier molecular flexibility index (Phi) is 9.18. The summed E-state index contributed by atoms with van der Waals surface area (Å²) in [5, 5.41) is 3.29. The number of rotatable bonds is 7. The van der Waals surface area contributed by atoms with E-state index in [4.69, 9.17) is 13.9 Å². The maximum atomic E-state index is 5.47. The molecule has 0 spiro atoms. The van der Waals surface area contributed by atoms with Gasteiger partial charge in [0.1, 0.15) is 23.8 Å². The highest BCUT2D eigenvalue weighted by molar-refractivity contribution is 14.0. The van der Waals surface area contributed by atoms with Crippen molar-refractivity contribution in [2.75, 3.05) is 27.8 Å². The van der Waals surface area contributed by atoms with Gasteiger partial charge in [0.2, 0.25) is 0 Å². The van der Waals surface area contributed by atoms with E-state index in [1.54, 1.807) is 20.5 Å². The minimum Gasteiger partial charge on any atom is -0.497 e. The predicted molar refractivity (Wildman–Crippen MR) is 110 cm³/mol. The first kappa shape index (κ1) is 21.1. The summed E-state index contributed by atoms with van der Waals surface area (Å²) in [6.45, 7) is 4.00. The molecule has 0 aliphatic carbocycles. The second-order valence-electron chi connectivity index (χ2n) is 5.28. The van der Waals surface area contributed by atoms with Gasteiger partial charge in [-0.3, -0.25) is 0 Å². The van der Waals surface area contributed by atoms with Crippen LogP contribution >= 0.6 is 24.0 Å². The first-order chi connectivity index (χ1) is 11.7. The molecule has 0 aliphatic heterocycles. The Morgan fingerprint density at radius 2 is 2.04 bits per heavy atom. The number of halogens is 1. The minimum atomic E-state index is 0. The van der Waals surface area contributed by atoms with E-state index >= 15 is 0 Å². The van der Waals surface area contributed by atoms with E-state index in [-0.39, 0.29) is 24.0 Å². The first-order valence-corrected chi connectivity index (χ1v) is 7.90. The van der Waals surface area contributed by atoms with Crippen molar-refractivity contribution in [3.63, 3.8) is 0 Å². The number of hydrogen-bond acceptors (Lipinski definition) is 4. The molecule has 0 saturated carbocycles. The van der Waals surface area contributed by atoms with Crippen molar-refractivity contribution < 1.29 is 13.9 Å². The maximum absolute atomic E-state index is 5.47. The summed E-state index contributed by atoms with van der Waals surface area (Å²) in [4.78, 5) is 6.67. The van der Waals surface area contributed by atoms with Gasteiger partial charge in [-0.05, 0) is 31.2 Å². The summed E-state index contributed by atoms with van der Waals surface area (Å²) in [7, 11) is 5.30. The second-order valence-corrected chi connectivity index (χ2v) is 5.28. The highest BCUT2D eigenvalue weighted by Crippen LogP contribution is 2.25. The third-order valence-electron chi connectivity index (χ3n) is 3.56. The molecule has 0 bridgehead atoms. The number of nitrogens with zero attached hydrogens (tertiary/aromatic N) is 2. The largest absolute Gasteiger partial charge is 0.497 e. The van der Waals surface area contributed by atoms with Gasteiger partial charge in [-0.25, -0.2) is 4.99 Å². The average Bonchev–Trinajstić information content (AvgIpc) is 3.12. The van der Waals surface area contributed by atoms with Crippen LogP contribution < -0.4 is 14.8 Å². The van der Waals surface area contributed by atoms with Crippen LogP contribution in [0.1, 0.15) is 18.2 Å². The molecule has 6 nitrogen and oxygen atoms in total. The quantitative estimate of drug-likeness (QED) is 0.390. The zero-order chi connectivity index (χ0) is 17.4. The number of nitrogens with one attached hydrogen (secondary N) is 1. The van der Waals surface area contributed by atoms with Crippen LogP contribution in [-0.2, 0) is 13.1 Å². The maximum Gasteiger partial charge on any atom is 0.194 e. The minimum absolute atomic E-state index is 0. The van der Waals surface area contributed by atoms with E-state index in [9.17, 15) is 0 Å². The van der Waals surface area contributed by atoms with Gasteiger partial charge in [-0.1, -0.05) is 0 Å². The molecular formula is C18H26IN3O3. The van der Waals surface area contributed by atoms with Crippen LogP contribution in [0.5, 0.6) is 11.5 Å². The molecule has 2 aromatic rings. The average molecular weight is 459 g/mol. The monoisotopic (exact) mass is 459 g/mol. The molecule has 2 rings (SSSR count). The van der Waals surface area contributed by atoms with Crippen molar-refractivity contribution in [3.8, 4) is 11.5 Å². The normalized spacial score (nSPS) is 10.8. The highest BCUT2D eigenvalue weighted by atomic mass is 127. The number of ether oxygens (including phenoxy) is 2. The molecule has 138 valence electrons. The summed E-state index contributed by atoms with van der Waals surface area (Å²) >= 11 is 0. The zero-order valence-corrected chi connectivity index (χ0v) is 17.4. The smallest absolute Gasteiger partial charge is 0.194 e. The predicted octanol–water partition coefficient (Wildman–Crippen LogP) is 3.51. The Bertz CT molecular complexity index is 660. The van der Waals surface area contributed by atoms with E-state index < -0.39 is 0 Å². The molecule has 1 aromatic heterocycles. The Hall–Kier alpha value is -1.90. The van der Waals surface area contributed by atoms with Crippen molar-refractivity contribution in [2.24, 2.45) is 4.99 Å². The molecule has 1 aromatic carbocycles. The van der Waals surface area contributed by atoms with Crippen molar-refractivity contribution in [2.45, 2.75) is 20.0 Å². The molecule has 0 saturated heterocycles. The highest BCUT2D eigenvalue weighted by Gasteiger charge is 2.11. The van der Waals surface area contributed by atoms with Gasteiger partial charge in [-0.2, -0.15) is 0 Å². The molecule has 0 amide bonds. The molecule has 25 heavy (non-hydrogen) atoms. The molecule has 1 N–H and O–H groups in total. The topological polar surface area (TPSA) is 59.2 Å². The van der Waals surface area contributed by atoms with Crippen molar-refractivity contribution in [3.05, 3.63) is 47.9 Å². The molecule has 1 heterocycles. The lowest BCUT2D eigenvalue weighted by molar-refractivity contribution is 0.382. The molecule has 7 heteroatoms. The second kappa shape index (κ2) is 10.9. The number of guanidine groups is 1. The van der Waals surface area contributed by atoms with Crippen LogP contribution in [0.2, 0.25) is 0 Å². The zero-order valence-electron chi connectivity index (χ0n) is 15.1. The standard InChI is InChI=1S/C18H25N3O3.HI/c1-5-19-18(20-12-16-7-6-10-24-16)21(2)13-14-8-9-15(22-3)11-17(14)23-4;/h6-11H,5,12-13H2,1-4H3,(H,19,20);1H. The van der Waals surface area contributed by atoms with Gasteiger partial charge < -0.3 is 24.1 Å². The Balaban J connectivity index is 0.00000312. The summed E-state index contributed by atoms with van der Waals surface area (Å²) < 4.78 is 16.0. The van der Waals surface area contributed by atoms with E-state index in [0.717, 1.165) is 35.3 Å². The lowest BCUT2D eigenvalue weighted by atomic mass is 10.2. The van der Waals surface area contributed by atoms with Crippen LogP contribution in [0.15, 0.2) is 46.0 Å². The van der Waals surface area contributed by atoms with Gasteiger partial charge in [0.25, 0.3) is 0 Å². The Morgan fingerprint density at radius 3 is 2.64 bits per heavy atom. The fraction of sp³-hybridized carbons (Fsp3) is 0.389. The molecule has 0 aliphatic rings. The number of furan rings is 1. The summed E-state index contributed by atoms with van der Waals surface area (Å²) in [6, 6.07) is 9.60. The number of hydrogen-bond donors (Lipinski definition) is 1. The molecule has 0 radical (unpaired) electrons. The summed E-state index contributed by atoms with van der Waals surface area (Å²) in [6.07, 6.45) is 1.66. The van der Waals surface area contributed by atoms with Gasteiger partial charge >= 0.3 is 0 Å². The SMILES string of the molecule is CCNC(=NCc1ccco1)N(C)Cc1ccc(OC)cc1OC.I. The van der Waals surface area contributed by atoms with Crippen molar-refractivity contribution >= 4 is 29.9 Å². The van der Waals surface area contributed by atoms with Crippen LogP contribution in [-0.4, -0.2) is 38.7 Å². The molecule has 0 fully saturated rings. The van der Waals surface area contributed by atoms with Crippen molar-refractivity contribution in [1.82, 2.24) is 10.2 Å². The molecule has 0 atom stereocenters. The van der Waals surface area contributed by atoms with E-state index in [1.165, 1.54) is 0 Å². The van der Waals surface area contributed by atoms with Crippen LogP contribution in [0.3, 0.4) is 0 Å². The van der Waals surface area contributed by atoms with Gasteiger partial charge in [0.05, 0.1) is 20.5 Å². The third-order valence-corrected chi connectivity index (χ3v) is 3.56. The fourth-order valence-corrected chi connectivity index (χ4v) is 2.34. The van der Waals surface area contributed by atoms with Crippen LogP contribution in [0.4, 0.5) is 0 Å². The van der Waals surface area contributed by atoms with Gasteiger partial charge in [0, 0.05) is 31.8 Å². The van der Waals surface area contributed by atoms with E-state index in [2.05, 4.69) is 15.2 Å². The summed E-state index contributed by atoms with van der Waals surface area (Å²) in [5.41, 5.74) is 1.06. The summed E-state index contributed by atoms with van der Waals surface area (Å²) in [5.74, 6) is 3.22. The van der Waals surface area contributed by atoms with Gasteiger partial charge in [-0.15, -0.1) is 24.0 Å². The first-order valence-electron chi connectivity index (χ1n) is 7.90. The number of benzene rings is 1. The Labute approximate surface area is 166 Å². The van der Waals surface area contributed by atoms with Crippen molar-refractivity contribution in [1.29, 1.82) is 0 Å². The third kappa shape index (κ3) is 6.15. The molecular weight excluding hydrogens is 433 g/mol. The van der Waals surface area contributed by atoms with Crippen LogP contribution in [0.25, 0.3) is 0 Å². The lowest BCUT2D eigenvalue weighted by Crippen LogP contribution is -2.38. The van der Waals surface area contributed by atoms with Gasteiger partial charge in [0.15, 0.2) is 5.96 Å². The number of aliphatic imine (C=N–C) groups is 1. The molecule has 0 unspecified atom stereocenters. The van der Waals surface area contributed by atoms with Crippen LogP contribution in [0, 0.1) is 0 Å². The lowest BCUT2D eigenvalue weighted by Gasteiger charge is -2.23.